The van der Waals surface area contributed by atoms with E-state index in [0.717, 1.165) is 56.2 Å². The molecule has 0 unspecified atom stereocenters. The van der Waals surface area contributed by atoms with Crippen LogP contribution < -0.4 is 10.2 Å². The minimum absolute atomic E-state index is 0.189. The predicted molar refractivity (Wildman–Crippen MR) is 151 cm³/mol. The Balaban J connectivity index is 1.24. The molecule has 37 heavy (non-hydrogen) atoms. The van der Waals surface area contributed by atoms with E-state index in [1.807, 2.05) is 13.8 Å². The van der Waals surface area contributed by atoms with Gasteiger partial charge in [-0.15, -0.1) is 0 Å². The molecule has 1 saturated heterocycles. The van der Waals surface area contributed by atoms with E-state index in [4.69, 9.17) is 4.98 Å². The summed E-state index contributed by atoms with van der Waals surface area (Å²) in [6.45, 7) is 12.0. The molecule has 0 spiro atoms. The molecule has 1 aliphatic heterocycles. The predicted octanol–water partition coefficient (Wildman–Crippen LogP) is 3.97. The molecule has 1 fully saturated rings. The van der Waals surface area contributed by atoms with Gasteiger partial charge in [-0.2, -0.15) is 4.31 Å². The highest BCUT2D eigenvalue weighted by atomic mass is 32.2. The molecular weight excluding hydrogens is 506 g/mol. The molecule has 1 aromatic heterocycles. The number of aromatic nitrogens is 1. The molecule has 8 nitrogen and oxygen atoms in total. The lowest BCUT2D eigenvalue weighted by atomic mass is 10.2. The molecule has 200 valence electrons. The van der Waals surface area contributed by atoms with Crippen LogP contribution in [-0.4, -0.2) is 80.9 Å². The van der Waals surface area contributed by atoms with Crippen molar-refractivity contribution >= 4 is 42.6 Å². The van der Waals surface area contributed by atoms with Gasteiger partial charge in [0, 0.05) is 57.9 Å². The molecule has 1 N–H and O–H groups in total. The van der Waals surface area contributed by atoms with Crippen molar-refractivity contribution in [3.8, 4) is 0 Å². The number of hydrogen-bond acceptors (Lipinski definition) is 7. The Morgan fingerprint density at radius 1 is 1.03 bits per heavy atom. The molecule has 0 radical (unpaired) electrons. The van der Waals surface area contributed by atoms with E-state index >= 15 is 0 Å². The molecule has 0 atom stereocenters. The van der Waals surface area contributed by atoms with Crippen LogP contribution in [0.5, 0.6) is 0 Å². The van der Waals surface area contributed by atoms with Gasteiger partial charge in [0.25, 0.3) is 5.91 Å². The van der Waals surface area contributed by atoms with E-state index in [2.05, 4.69) is 40.2 Å². The number of nitrogens with one attached hydrogen (secondary N) is 1. The van der Waals surface area contributed by atoms with Crippen molar-refractivity contribution in [1.82, 2.24) is 19.5 Å². The summed E-state index contributed by atoms with van der Waals surface area (Å²) in [7, 11) is -3.55. The first-order valence-corrected chi connectivity index (χ1v) is 15.3. The number of anilines is 1. The fourth-order valence-electron chi connectivity index (χ4n) is 4.58. The number of nitrogens with zero attached hydrogens (tertiary/aromatic N) is 4. The smallest absolute Gasteiger partial charge is 0.251 e. The molecule has 4 rings (SSSR count). The summed E-state index contributed by atoms with van der Waals surface area (Å²) in [6.07, 6.45) is 1.52. The zero-order chi connectivity index (χ0) is 26.4. The molecule has 0 saturated carbocycles. The zero-order valence-electron chi connectivity index (χ0n) is 21.9. The molecule has 0 bridgehead atoms. The number of rotatable bonds is 11. The van der Waals surface area contributed by atoms with Crippen LogP contribution in [-0.2, 0) is 10.0 Å². The first kappa shape index (κ1) is 27.5. The number of benzene rings is 2. The largest absolute Gasteiger partial charge is 0.351 e. The number of hydrogen-bond donors (Lipinski definition) is 1. The van der Waals surface area contributed by atoms with Crippen LogP contribution in [0.3, 0.4) is 0 Å². The number of amides is 1. The van der Waals surface area contributed by atoms with Gasteiger partial charge in [-0.25, -0.2) is 13.4 Å². The Hall–Kier alpha value is -2.53. The second-order valence-corrected chi connectivity index (χ2v) is 12.4. The Morgan fingerprint density at radius 2 is 1.70 bits per heavy atom. The van der Waals surface area contributed by atoms with E-state index in [9.17, 15) is 13.2 Å². The number of fused-ring (bicyclic) bond motifs is 1. The summed E-state index contributed by atoms with van der Waals surface area (Å²) in [5, 5.41) is 4.05. The first-order valence-electron chi connectivity index (χ1n) is 13.0. The maximum Gasteiger partial charge on any atom is 0.251 e. The van der Waals surface area contributed by atoms with Crippen molar-refractivity contribution in [1.29, 1.82) is 0 Å². The topological polar surface area (TPSA) is 85.8 Å². The number of sulfonamides is 1. The SMILES string of the molecule is CCCN(CCC)S(=O)(=O)c1ccc(C(=O)NCCN2CCN(c3nc4c(C)cccc4s3)CC2)cc1. The van der Waals surface area contributed by atoms with Crippen LogP contribution >= 0.6 is 11.3 Å². The Labute approximate surface area is 224 Å². The lowest BCUT2D eigenvalue weighted by Gasteiger charge is -2.34. The normalized spacial score (nSPS) is 15.0. The van der Waals surface area contributed by atoms with E-state index in [1.165, 1.54) is 26.7 Å². The summed E-state index contributed by atoms with van der Waals surface area (Å²) >= 11 is 1.75. The van der Waals surface area contributed by atoms with Gasteiger partial charge in [0.2, 0.25) is 10.0 Å². The van der Waals surface area contributed by atoms with Gasteiger partial charge in [0.15, 0.2) is 5.13 Å². The van der Waals surface area contributed by atoms with Gasteiger partial charge in [0.1, 0.15) is 0 Å². The second-order valence-electron chi connectivity index (χ2n) is 9.43. The van der Waals surface area contributed by atoms with Crippen molar-refractivity contribution in [2.75, 3.05) is 57.3 Å². The van der Waals surface area contributed by atoms with E-state index in [0.29, 0.717) is 25.2 Å². The molecule has 0 aliphatic carbocycles. The van der Waals surface area contributed by atoms with Gasteiger partial charge >= 0.3 is 0 Å². The third kappa shape index (κ3) is 6.49. The fourth-order valence-corrected chi connectivity index (χ4v) is 7.30. The Kier molecular flexibility index (Phi) is 9.17. The molecular formula is C27H37N5O3S2. The highest BCUT2D eigenvalue weighted by Gasteiger charge is 2.23. The van der Waals surface area contributed by atoms with Crippen molar-refractivity contribution in [2.45, 2.75) is 38.5 Å². The minimum Gasteiger partial charge on any atom is -0.351 e. The van der Waals surface area contributed by atoms with E-state index in [-0.39, 0.29) is 10.8 Å². The minimum atomic E-state index is -3.55. The maximum atomic E-state index is 12.9. The van der Waals surface area contributed by atoms with Crippen molar-refractivity contribution < 1.29 is 13.2 Å². The summed E-state index contributed by atoms with van der Waals surface area (Å²) in [5.41, 5.74) is 2.77. The van der Waals surface area contributed by atoms with Crippen LogP contribution in [0.15, 0.2) is 47.4 Å². The van der Waals surface area contributed by atoms with E-state index < -0.39 is 10.0 Å². The van der Waals surface area contributed by atoms with Crippen LogP contribution in [0, 0.1) is 6.92 Å². The quantitative estimate of drug-likeness (QED) is 0.394. The highest BCUT2D eigenvalue weighted by Crippen LogP contribution is 2.31. The first-order chi connectivity index (χ1) is 17.8. The van der Waals surface area contributed by atoms with E-state index in [1.54, 1.807) is 23.5 Å². The number of thiazole rings is 1. The van der Waals surface area contributed by atoms with Gasteiger partial charge in [0.05, 0.1) is 15.1 Å². The van der Waals surface area contributed by atoms with Gasteiger partial charge in [-0.3, -0.25) is 9.69 Å². The third-order valence-electron chi connectivity index (χ3n) is 6.67. The molecule has 2 aromatic carbocycles. The van der Waals surface area contributed by atoms with Gasteiger partial charge < -0.3 is 10.2 Å². The Bertz CT molecular complexity index is 1290. The molecule has 1 aliphatic rings. The third-order valence-corrected chi connectivity index (χ3v) is 9.66. The van der Waals surface area contributed by atoms with Crippen LogP contribution in [0.2, 0.25) is 0 Å². The summed E-state index contributed by atoms with van der Waals surface area (Å²) in [4.78, 5) is 22.4. The van der Waals surface area contributed by atoms with Crippen molar-refractivity contribution in [3.63, 3.8) is 0 Å². The summed E-state index contributed by atoms with van der Waals surface area (Å²) < 4.78 is 28.6. The monoisotopic (exact) mass is 543 g/mol. The average molecular weight is 544 g/mol. The number of carbonyl (C=O) groups excluding carboxylic acids is 1. The number of piperazine rings is 1. The number of para-hydroxylation sites is 1. The number of carbonyl (C=O) groups is 1. The van der Waals surface area contributed by atoms with Gasteiger partial charge in [-0.05, 0) is 55.7 Å². The van der Waals surface area contributed by atoms with Crippen molar-refractivity contribution in [2.24, 2.45) is 0 Å². The lowest BCUT2D eigenvalue weighted by Crippen LogP contribution is -2.48. The maximum absolute atomic E-state index is 12.9. The Morgan fingerprint density at radius 3 is 2.32 bits per heavy atom. The van der Waals surface area contributed by atoms with Crippen LogP contribution in [0.1, 0.15) is 42.6 Å². The molecule has 1 amide bonds. The lowest BCUT2D eigenvalue weighted by molar-refractivity contribution is 0.0947. The summed E-state index contributed by atoms with van der Waals surface area (Å²) in [6, 6.07) is 12.6. The van der Waals surface area contributed by atoms with Crippen LogP contribution in [0.4, 0.5) is 5.13 Å². The molecule has 10 heteroatoms. The number of aryl methyl sites for hydroxylation is 1. The molecule has 2 heterocycles. The summed E-state index contributed by atoms with van der Waals surface area (Å²) in [5.74, 6) is -0.189. The van der Waals surface area contributed by atoms with Crippen LogP contribution in [0.25, 0.3) is 10.2 Å². The molecule has 3 aromatic rings. The second kappa shape index (κ2) is 12.3. The highest BCUT2D eigenvalue weighted by molar-refractivity contribution is 7.89. The van der Waals surface area contributed by atoms with Crippen molar-refractivity contribution in [3.05, 3.63) is 53.6 Å². The fraction of sp³-hybridized carbons (Fsp3) is 0.481. The standard InChI is InChI=1S/C27H37N5O3S2/c1-4-14-32(15-5-2)37(34,35)23-11-9-22(10-12-23)26(33)28-13-16-30-17-19-31(20-18-30)27-29-25-21(3)7-6-8-24(25)36-27/h6-12H,4-5,13-20H2,1-3H3,(H,28,33). The van der Waals surface area contributed by atoms with Gasteiger partial charge in [-0.1, -0.05) is 37.3 Å². The average Bonchev–Trinajstić information content (AvgIpc) is 3.35. The zero-order valence-corrected chi connectivity index (χ0v) is 23.6.